The normalized spacial score (nSPS) is 14.8. The van der Waals surface area contributed by atoms with Crippen LogP contribution in [0.25, 0.3) is 16.9 Å². The minimum Gasteiger partial charge on any atom is -0.497 e. The zero-order chi connectivity index (χ0) is 26.2. The highest BCUT2D eigenvalue weighted by atomic mass is 19.4. The van der Waals surface area contributed by atoms with Crippen molar-refractivity contribution in [3.05, 3.63) is 83.2 Å². The first kappa shape index (κ1) is 24.8. The number of aromatic nitrogens is 3. The Morgan fingerprint density at radius 2 is 1.65 bits per heavy atom. The highest BCUT2D eigenvalue weighted by Crippen LogP contribution is 2.33. The predicted octanol–water partition coefficient (Wildman–Crippen LogP) is 4.69. The SMILES string of the molecule is COc1ccc(-c2cc(C(F)(F)F)n3nc(C(=O)N4CCN(Cc5ccc(C)cc5)CC4)cc3n2)cc1. The Labute approximate surface area is 212 Å². The fraction of sp³-hybridized carbons (Fsp3) is 0.296. The number of amides is 1. The van der Waals surface area contributed by atoms with Crippen LogP contribution in [0.5, 0.6) is 5.75 Å². The van der Waals surface area contributed by atoms with Crippen molar-refractivity contribution in [3.8, 4) is 17.0 Å². The fourth-order valence-corrected chi connectivity index (χ4v) is 4.41. The largest absolute Gasteiger partial charge is 0.497 e. The minimum atomic E-state index is -4.68. The van der Waals surface area contributed by atoms with Crippen molar-refractivity contribution in [1.29, 1.82) is 0 Å². The summed E-state index contributed by atoms with van der Waals surface area (Å²) in [5.74, 6) is 0.177. The van der Waals surface area contributed by atoms with Crippen LogP contribution in [-0.4, -0.2) is 63.6 Å². The monoisotopic (exact) mass is 509 g/mol. The molecule has 192 valence electrons. The molecule has 3 heterocycles. The molecule has 0 atom stereocenters. The molecule has 0 saturated carbocycles. The summed E-state index contributed by atoms with van der Waals surface area (Å²) in [6.45, 7) is 5.09. The number of rotatable bonds is 5. The summed E-state index contributed by atoms with van der Waals surface area (Å²) in [5.41, 5.74) is 1.93. The van der Waals surface area contributed by atoms with Crippen molar-refractivity contribution in [2.75, 3.05) is 33.3 Å². The third-order valence-electron chi connectivity index (χ3n) is 6.51. The number of alkyl halides is 3. The molecule has 2 aromatic carbocycles. The molecule has 0 N–H and O–H groups in total. The standard InChI is InChI=1S/C27H26F3N5O2/c1-18-3-5-19(6-4-18)17-33-11-13-34(14-12-33)26(36)23-16-25-31-22(20-7-9-21(37-2)10-8-20)15-24(27(28,29)30)35(25)32-23/h3-10,15-16H,11-14,17H2,1-2H3. The number of piperazine rings is 1. The second-order valence-corrected chi connectivity index (χ2v) is 9.11. The van der Waals surface area contributed by atoms with Crippen LogP contribution in [0.2, 0.25) is 0 Å². The number of aryl methyl sites for hydroxylation is 1. The molecule has 0 bridgehead atoms. The van der Waals surface area contributed by atoms with Gasteiger partial charge in [-0.2, -0.15) is 18.3 Å². The molecule has 1 saturated heterocycles. The van der Waals surface area contributed by atoms with Gasteiger partial charge in [-0.25, -0.2) is 9.50 Å². The van der Waals surface area contributed by atoms with Crippen molar-refractivity contribution in [1.82, 2.24) is 24.4 Å². The van der Waals surface area contributed by atoms with E-state index in [4.69, 9.17) is 4.74 Å². The molecule has 10 heteroatoms. The van der Waals surface area contributed by atoms with Gasteiger partial charge in [0, 0.05) is 44.4 Å². The van der Waals surface area contributed by atoms with Crippen LogP contribution in [0.3, 0.4) is 0 Å². The number of carbonyl (C=O) groups excluding carboxylic acids is 1. The van der Waals surface area contributed by atoms with Gasteiger partial charge in [0.15, 0.2) is 17.0 Å². The summed E-state index contributed by atoms with van der Waals surface area (Å²) < 4.78 is 47.6. The van der Waals surface area contributed by atoms with Gasteiger partial charge in [-0.15, -0.1) is 0 Å². The van der Waals surface area contributed by atoms with Crippen LogP contribution in [-0.2, 0) is 12.7 Å². The van der Waals surface area contributed by atoms with Crippen LogP contribution in [0.1, 0.15) is 27.3 Å². The average Bonchev–Trinajstić information content (AvgIpc) is 3.33. The van der Waals surface area contributed by atoms with Crippen molar-refractivity contribution >= 4 is 11.6 Å². The van der Waals surface area contributed by atoms with Crippen LogP contribution in [0.15, 0.2) is 60.7 Å². The van der Waals surface area contributed by atoms with Crippen molar-refractivity contribution < 1.29 is 22.7 Å². The number of nitrogens with zero attached hydrogens (tertiary/aromatic N) is 5. The third kappa shape index (κ3) is 5.29. The molecule has 0 radical (unpaired) electrons. The van der Waals surface area contributed by atoms with Crippen molar-refractivity contribution in [2.45, 2.75) is 19.6 Å². The quantitative estimate of drug-likeness (QED) is 0.391. The number of benzene rings is 2. The number of fused-ring (bicyclic) bond motifs is 1. The summed E-state index contributed by atoms with van der Waals surface area (Å²) in [4.78, 5) is 21.4. The minimum absolute atomic E-state index is 0.0398. The third-order valence-corrected chi connectivity index (χ3v) is 6.51. The maximum absolute atomic E-state index is 13.9. The van der Waals surface area contributed by atoms with Gasteiger partial charge in [-0.3, -0.25) is 9.69 Å². The van der Waals surface area contributed by atoms with E-state index in [9.17, 15) is 18.0 Å². The summed E-state index contributed by atoms with van der Waals surface area (Å²) >= 11 is 0. The molecule has 1 amide bonds. The van der Waals surface area contributed by atoms with Gasteiger partial charge in [-0.05, 0) is 42.8 Å². The number of ether oxygens (including phenoxy) is 1. The maximum Gasteiger partial charge on any atom is 0.433 e. The van der Waals surface area contributed by atoms with E-state index in [2.05, 4.69) is 39.2 Å². The molecular formula is C27H26F3N5O2. The summed E-state index contributed by atoms with van der Waals surface area (Å²) in [6, 6.07) is 17.2. The summed E-state index contributed by atoms with van der Waals surface area (Å²) in [6.07, 6.45) is -4.68. The number of hydrogen-bond acceptors (Lipinski definition) is 5. The molecule has 37 heavy (non-hydrogen) atoms. The summed E-state index contributed by atoms with van der Waals surface area (Å²) in [5, 5.41) is 4.02. The number of methoxy groups -OCH3 is 1. The molecule has 1 aliphatic rings. The maximum atomic E-state index is 13.9. The Hall–Kier alpha value is -3.92. The van der Waals surface area contributed by atoms with Gasteiger partial charge in [0.25, 0.3) is 5.91 Å². The van der Waals surface area contributed by atoms with Gasteiger partial charge in [0.2, 0.25) is 0 Å². The van der Waals surface area contributed by atoms with Gasteiger partial charge >= 0.3 is 6.18 Å². The molecule has 5 rings (SSSR count). The van der Waals surface area contributed by atoms with E-state index in [-0.39, 0.29) is 17.0 Å². The molecular weight excluding hydrogens is 483 g/mol. The predicted molar refractivity (Wildman–Crippen MR) is 132 cm³/mol. The number of halogens is 3. The lowest BCUT2D eigenvalue weighted by molar-refractivity contribution is -0.142. The van der Waals surface area contributed by atoms with Gasteiger partial charge in [-0.1, -0.05) is 29.8 Å². The Morgan fingerprint density at radius 1 is 0.973 bits per heavy atom. The Bertz CT molecular complexity index is 1410. The average molecular weight is 510 g/mol. The molecule has 7 nitrogen and oxygen atoms in total. The Kier molecular flexibility index (Phi) is 6.59. The van der Waals surface area contributed by atoms with Gasteiger partial charge < -0.3 is 9.64 Å². The lowest BCUT2D eigenvalue weighted by Crippen LogP contribution is -2.48. The second kappa shape index (κ2) is 9.85. The Morgan fingerprint density at radius 3 is 2.27 bits per heavy atom. The molecule has 0 spiro atoms. The van der Waals surface area contributed by atoms with E-state index in [1.807, 2.05) is 6.92 Å². The van der Waals surface area contributed by atoms with E-state index >= 15 is 0 Å². The Balaban J connectivity index is 1.36. The number of carbonyl (C=O) groups is 1. The molecule has 1 aliphatic heterocycles. The van der Waals surface area contributed by atoms with Gasteiger partial charge in [0.1, 0.15) is 5.75 Å². The number of hydrogen-bond donors (Lipinski definition) is 0. The zero-order valence-corrected chi connectivity index (χ0v) is 20.5. The fourth-order valence-electron chi connectivity index (χ4n) is 4.41. The van der Waals surface area contributed by atoms with Crippen LogP contribution >= 0.6 is 0 Å². The molecule has 0 unspecified atom stereocenters. The van der Waals surface area contributed by atoms with Crippen molar-refractivity contribution in [3.63, 3.8) is 0 Å². The van der Waals surface area contributed by atoms with E-state index in [0.29, 0.717) is 42.0 Å². The van der Waals surface area contributed by atoms with E-state index in [0.717, 1.165) is 12.6 Å². The second-order valence-electron chi connectivity index (χ2n) is 9.11. The first-order valence-electron chi connectivity index (χ1n) is 11.9. The van der Waals surface area contributed by atoms with Crippen molar-refractivity contribution in [2.24, 2.45) is 0 Å². The highest BCUT2D eigenvalue weighted by Gasteiger charge is 2.36. The summed E-state index contributed by atoms with van der Waals surface area (Å²) in [7, 11) is 1.51. The van der Waals surface area contributed by atoms with Gasteiger partial charge in [0.05, 0.1) is 12.8 Å². The van der Waals surface area contributed by atoms with E-state index < -0.39 is 17.8 Å². The molecule has 1 fully saturated rings. The molecule has 4 aromatic rings. The lowest BCUT2D eigenvalue weighted by Gasteiger charge is -2.34. The van der Waals surface area contributed by atoms with E-state index in [1.54, 1.807) is 29.2 Å². The zero-order valence-electron chi connectivity index (χ0n) is 20.5. The van der Waals surface area contributed by atoms with Crippen LogP contribution < -0.4 is 4.74 Å². The topological polar surface area (TPSA) is 63.0 Å². The highest BCUT2D eigenvalue weighted by molar-refractivity contribution is 5.93. The first-order valence-corrected chi connectivity index (χ1v) is 11.9. The smallest absolute Gasteiger partial charge is 0.433 e. The molecule has 0 aliphatic carbocycles. The molecule has 2 aromatic heterocycles. The van der Waals surface area contributed by atoms with E-state index in [1.165, 1.54) is 24.3 Å². The lowest BCUT2D eigenvalue weighted by atomic mass is 10.1. The van der Waals surface area contributed by atoms with Crippen LogP contribution in [0.4, 0.5) is 13.2 Å². The van der Waals surface area contributed by atoms with Crippen LogP contribution in [0, 0.1) is 6.92 Å². The first-order chi connectivity index (χ1) is 17.7.